The molecule has 1 aliphatic heterocycles. The van der Waals surface area contributed by atoms with Gasteiger partial charge < -0.3 is 15.0 Å². The molecule has 0 aromatic heterocycles. The van der Waals surface area contributed by atoms with E-state index in [1.165, 1.54) is 0 Å². The number of esters is 1. The van der Waals surface area contributed by atoms with E-state index in [4.69, 9.17) is 9.73 Å². The van der Waals surface area contributed by atoms with Gasteiger partial charge in [-0.25, -0.2) is 0 Å². The lowest BCUT2D eigenvalue weighted by molar-refractivity contribution is -0.149. The second-order valence-electron chi connectivity index (χ2n) is 6.50. The Balaban J connectivity index is 2.65. The molecule has 1 heterocycles. The lowest BCUT2D eigenvalue weighted by atomic mass is 9.98. The quantitative estimate of drug-likeness (QED) is 0.416. The molecule has 0 radical (unpaired) electrons. The smallest absolute Gasteiger partial charge is 0.310 e. The molecule has 0 amide bonds. The first-order chi connectivity index (χ1) is 11.5. The summed E-state index contributed by atoms with van der Waals surface area (Å²) in [5.41, 5.74) is 0. The number of nitrogens with one attached hydrogen (secondary N) is 1. The van der Waals surface area contributed by atoms with Gasteiger partial charge in [-0.1, -0.05) is 6.92 Å². The lowest BCUT2D eigenvalue weighted by Gasteiger charge is -2.34. The highest BCUT2D eigenvalue weighted by Gasteiger charge is 2.28. The number of hydrogen-bond donors (Lipinski definition) is 1. The molecule has 0 spiro atoms. The summed E-state index contributed by atoms with van der Waals surface area (Å²) in [5.74, 6) is 0.812. The van der Waals surface area contributed by atoms with E-state index in [2.05, 4.69) is 42.8 Å². The second kappa shape index (κ2) is 11.3. The molecule has 0 bridgehead atoms. The van der Waals surface area contributed by atoms with Crippen molar-refractivity contribution < 1.29 is 9.53 Å². The number of carbonyl (C=O) groups is 1. The van der Waals surface area contributed by atoms with Gasteiger partial charge in [-0.3, -0.25) is 14.7 Å². The highest BCUT2D eigenvalue weighted by Crippen LogP contribution is 2.18. The third-order valence-electron chi connectivity index (χ3n) is 4.46. The minimum atomic E-state index is -0.0741. The van der Waals surface area contributed by atoms with Crippen molar-refractivity contribution in [3.63, 3.8) is 0 Å². The van der Waals surface area contributed by atoms with Gasteiger partial charge in [0.2, 0.25) is 0 Å². The molecule has 24 heavy (non-hydrogen) atoms. The Labute approximate surface area is 147 Å². The number of likely N-dealkylation sites (tertiary alicyclic amines) is 1. The SMILES string of the molecule is CCNC(=NCCN(CC)C(C)C)N1CCCC(C(=O)OCC)C1. The summed E-state index contributed by atoms with van der Waals surface area (Å²) in [4.78, 5) is 21.4. The summed E-state index contributed by atoms with van der Waals surface area (Å²) in [6.07, 6.45) is 1.91. The summed E-state index contributed by atoms with van der Waals surface area (Å²) >= 11 is 0. The minimum absolute atomic E-state index is 0.0367. The molecule has 1 fully saturated rings. The number of ether oxygens (including phenoxy) is 1. The Morgan fingerprint density at radius 3 is 2.71 bits per heavy atom. The normalized spacial score (nSPS) is 19.0. The summed E-state index contributed by atoms with van der Waals surface area (Å²) in [7, 11) is 0. The molecular weight excluding hydrogens is 304 g/mol. The van der Waals surface area contributed by atoms with Gasteiger partial charge >= 0.3 is 5.97 Å². The molecule has 1 N–H and O–H groups in total. The first-order valence-electron chi connectivity index (χ1n) is 9.47. The van der Waals surface area contributed by atoms with E-state index in [0.29, 0.717) is 19.2 Å². The van der Waals surface area contributed by atoms with Crippen LogP contribution in [0.15, 0.2) is 4.99 Å². The molecule has 0 aromatic carbocycles. The zero-order valence-electron chi connectivity index (χ0n) is 16.2. The molecule has 1 rings (SSSR count). The Hall–Kier alpha value is -1.30. The van der Waals surface area contributed by atoms with Crippen LogP contribution in [0.3, 0.4) is 0 Å². The van der Waals surface area contributed by atoms with Gasteiger partial charge in [0.25, 0.3) is 0 Å². The van der Waals surface area contributed by atoms with Crippen LogP contribution in [0.4, 0.5) is 0 Å². The number of nitrogens with zero attached hydrogens (tertiary/aromatic N) is 3. The third-order valence-corrected chi connectivity index (χ3v) is 4.46. The van der Waals surface area contributed by atoms with E-state index in [1.807, 2.05) is 6.92 Å². The first kappa shape index (κ1) is 20.7. The Kier molecular flexibility index (Phi) is 9.76. The van der Waals surface area contributed by atoms with Crippen LogP contribution >= 0.6 is 0 Å². The molecule has 140 valence electrons. The second-order valence-corrected chi connectivity index (χ2v) is 6.50. The molecular formula is C18H36N4O2. The fourth-order valence-electron chi connectivity index (χ4n) is 3.11. The van der Waals surface area contributed by atoms with Gasteiger partial charge in [-0.05, 0) is 47.1 Å². The van der Waals surface area contributed by atoms with E-state index in [9.17, 15) is 4.79 Å². The predicted molar refractivity (Wildman–Crippen MR) is 99.3 cm³/mol. The van der Waals surface area contributed by atoms with Gasteiger partial charge in [0.1, 0.15) is 0 Å². The minimum Gasteiger partial charge on any atom is -0.466 e. The molecule has 0 aliphatic carbocycles. The molecule has 1 unspecified atom stereocenters. The zero-order chi connectivity index (χ0) is 17.9. The summed E-state index contributed by atoms with van der Waals surface area (Å²) in [5, 5.41) is 3.37. The Morgan fingerprint density at radius 1 is 1.38 bits per heavy atom. The van der Waals surface area contributed by atoms with Crippen LogP contribution in [-0.4, -0.2) is 73.6 Å². The maximum Gasteiger partial charge on any atom is 0.310 e. The Bertz CT molecular complexity index is 398. The zero-order valence-corrected chi connectivity index (χ0v) is 16.2. The summed E-state index contributed by atoms with van der Waals surface area (Å²) in [6.45, 7) is 16.3. The number of piperidine rings is 1. The molecule has 1 aliphatic rings. The van der Waals surface area contributed by atoms with Crippen LogP contribution in [0, 0.1) is 5.92 Å². The lowest BCUT2D eigenvalue weighted by Crippen LogP contribution is -2.48. The van der Waals surface area contributed by atoms with Crippen molar-refractivity contribution in [3.8, 4) is 0 Å². The number of rotatable bonds is 8. The number of hydrogen-bond acceptors (Lipinski definition) is 4. The van der Waals surface area contributed by atoms with Crippen LogP contribution in [0.2, 0.25) is 0 Å². The van der Waals surface area contributed by atoms with Gasteiger partial charge in [0, 0.05) is 32.2 Å². The van der Waals surface area contributed by atoms with Crippen LogP contribution < -0.4 is 5.32 Å². The highest BCUT2D eigenvalue weighted by molar-refractivity contribution is 5.81. The maximum absolute atomic E-state index is 12.0. The molecule has 6 nitrogen and oxygen atoms in total. The monoisotopic (exact) mass is 340 g/mol. The van der Waals surface area contributed by atoms with Crippen molar-refractivity contribution in [2.45, 2.75) is 53.5 Å². The van der Waals surface area contributed by atoms with E-state index >= 15 is 0 Å². The number of likely N-dealkylation sites (N-methyl/N-ethyl adjacent to an activating group) is 1. The topological polar surface area (TPSA) is 57.2 Å². The number of carbonyl (C=O) groups excluding carboxylic acids is 1. The molecule has 0 aromatic rings. The van der Waals surface area contributed by atoms with Crippen LogP contribution in [0.5, 0.6) is 0 Å². The third kappa shape index (κ3) is 6.67. The van der Waals surface area contributed by atoms with Gasteiger partial charge in [-0.15, -0.1) is 0 Å². The molecule has 1 atom stereocenters. The standard InChI is InChI=1S/C18H36N4O2/c1-6-19-18(20-11-13-21(7-2)15(4)5)22-12-9-10-16(14-22)17(23)24-8-3/h15-16H,6-14H2,1-5H3,(H,19,20). The van der Waals surface area contributed by atoms with Gasteiger partial charge in [-0.2, -0.15) is 0 Å². The fourth-order valence-corrected chi connectivity index (χ4v) is 3.11. The van der Waals surface area contributed by atoms with E-state index in [-0.39, 0.29) is 11.9 Å². The first-order valence-corrected chi connectivity index (χ1v) is 9.47. The van der Waals surface area contributed by atoms with Crippen molar-refractivity contribution in [1.29, 1.82) is 0 Å². The fraction of sp³-hybridized carbons (Fsp3) is 0.889. The van der Waals surface area contributed by atoms with Crippen LogP contribution in [0.25, 0.3) is 0 Å². The maximum atomic E-state index is 12.0. The molecule has 0 saturated carbocycles. The average molecular weight is 341 g/mol. The van der Waals surface area contributed by atoms with Gasteiger partial charge in [0.15, 0.2) is 5.96 Å². The number of guanidine groups is 1. The number of aliphatic imine (C=N–C) groups is 1. The predicted octanol–water partition coefficient (Wildman–Crippen LogP) is 1.96. The van der Waals surface area contributed by atoms with Gasteiger partial charge in [0.05, 0.1) is 19.1 Å². The van der Waals surface area contributed by atoms with Crippen molar-refractivity contribution >= 4 is 11.9 Å². The van der Waals surface area contributed by atoms with Crippen LogP contribution in [0.1, 0.15) is 47.5 Å². The molecule has 1 saturated heterocycles. The summed E-state index contributed by atoms with van der Waals surface area (Å²) in [6, 6.07) is 0.538. The highest BCUT2D eigenvalue weighted by atomic mass is 16.5. The molecule has 6 heteroatoms. The van der Waals surface area contributed by atoms with Crippen molar-refractivity contribution in [2.75, 3.05) is 45.9 Å². The Morgan fingerprint density at radius 2 is 2.12 bits per heavy atom. The van der Waals surface area contributed by atoms with E-state index in [1.54, 1.807) is 0 Å². The summed E-state index contributed by atoms with van der Waals surface area (Å²) < 4.78 is 5.19. The van der Waals surface area contributed by atoms with E-state index < -0.39 is 0 Å². The largest absolute Gasteiger partial charge is 0.466 e. The van der Waals surface area contributed by atoms with Crippen molar-refractivity contribution in [3.05, 3.63) is 0 Å². The van der Waals surface area contributed by atoms with E-state index in [0.717, 1.165) is 51.5 Å². The van der Waals surface area contributed by atoms with Crippen LogP contribution in [-0.2, 0) is 9.53 Å². The van der Waals surface area contributed by atoms with Crippen molar-refractivity contribution in [1.82, 2.24) is 15.1 Å². The average Bonchev–Trinajstić information content (AvgIpc) is 2.57. The van der Waals surface area contributed by atoms with Crippen molar-refractivity contribution in [2.24, 2.45) is 10.9 Å².